The van der Waals surface area contributed by atoms with Crippen molar-refractivity contribution < 1.29 is 14.4 Å². The molecule has 0 aliphatic rings. The lowest BCUT2D eigenvalue weighted by Crippen LogP contribution is -2.56. The van der Waals surface area contributed by atoms with E-state index in [0.29, 0.717) is 45.3 Å². The summed E-state index contributed by atoms with van der Waals surface area (Å²) in [5, 5.41) is 10.1. The Morgan fingerprint density at radius 1 is 0.600 bits per heavy atom. The summed E-state index contributed by atoms with van der Waals surface area (Å²) < 4.78 is 0. The molecular weight excluding hydrogens is 815 g/mol. The fourth-order valence-electron chi connectivity index (χ4n) is 8.27. The molecule has 0 unspecified atom stereocenters. The first kappa shape index (κ1) is 56.8. The Balaban J connectivity index is 2.37. The first-order valence-corrected chi connectivity index (χ1v) is 24.9. The summed E-state index contributed by atoms with van der Waals surface area (Å²) in [5.74, 6) is -1.32. The van der Waals surface area contributed by atoms with Crippen LogP contribution < -0.4 is 44.6 Å². The van der Waals surface area contributed by atoms with Crippen LogP contribution in [-0.4, -0.2) is 72.4 Å². The number of hydrogen-bond donors (Lipinski definition) is 9. The normalized spacial score (nSPS) is 13.5. The highest BCUT2D eigenvalue weighted by molar-refractivity contribution is 5.95. The molecule has 0 aliphatic carbocycles. The maximum Gasteiger partial charge on any atom is 0.243 e. The number of aromatic nitrogens is 1. The number of fused-ring (bicyclic) bond motifs is 1. The van der Waals surface area contributed by atoms with Crippen LogP contribution in [-0.2, 0) is 37.0 Å². The molecule has 2 rings (SSSR count). The highest BCUT2D eigenvalue weighted by Crippen LogP contribution is 2.40. The first-order chi connectivity index (χ1) is 30.5. The van der Waals surface area contributed by atoms with E-state index in [1.807, 2.05) is 0 Å². The molecule has 0 fully saturated rings. The number of carbonyl (C=O) groups is 3. The van der Waals surface area contributed by atoms with E-state index in [2.05, 4.69) is 112 Å². The molecule has 2 aromatic rings. The summed E-state index contributed by atoms with van der Waals surface area (Å²) in [7, 11) is 0. The monoisotopic (exact) mass is 908 g/mol. The zero-order valence-electron chi connectivity index (χ0n) is 42.4. The third-order valence-electron chi connectivity index (χ3n) is 12.2. The molecule has 14 heteroatoms. The average Bonchev–Trinajstić information content (AvgIpc) is 3.59. The van der Waals surface area contributed by atoms with E-state index in [0.717, 1.165) is 41.4 Å². The first-order valence-electron chi connectivity index (χ1n) is 24.9. The van der Waals surface area contributed by atoms with Crippen molar-refractivity contribution in [1.82, 2.24) is 20.9 Å². The maximum absolute atomic E-state index is 14.7. The van der Waals surface area contributed by atoms with Crippen LogP contribution in [0, 0.1) is 0 Å². The van der Waals surface area contributed by atoms with Gasteiger partial charge >= 0.3 is 0 Å². The molecule has 65 heavy (non-hydrogen) atoms. The number of amides is 3. The summed E-state index contributed by atoms with van der Waals surface area (Å²) >= 11 is 0. The van der Waals surface area contributed by atoms with Crippen LogP contribution in [0.25, 0.3) is 10.9 Å². The van der Waals surface area contributed by atoms with Gasteiger partial charge in [0.1, 0.15) is 12.1 Å². The van der Waals surface area contributed by atoms with Crippen molar-refractivity contribution in [2.45, 2.75) is 226 Å². The van der Waals surface area contributed by atoms with Gasteiger partial charge in [0, 0.05) is 48.1 Å². The molecule has 3 atom stereocenters. The van der Waals surface area contributed by atoms with E-state index in [9.17, 15) is 14.4 Å². The van der Waals surface area contributed by atoms with Gasteiger partial charge in [-0.2, -0.15) is 0 Å². The number of benzene rings is 1. The second kappa shape index (κ2) is 28.0. The lowest BCUT2D eigenvalue weighted by atomic mass is 9.78. The van der Waals surface area contributed by atoms with Gasteiger partial charge in [0.15, 0.2) is 11.9 Å². The number of guanidine groups is 2. The molecular formula is C51H93N11O3. The summed E-state index contributed by atoms with van der Waals surface area (Å²) in [4.78, 5) is 54.4. The van der Waals surface area contributed by atoms with Gasteiger partial charge < -0.3 is 49.6 Å². The van der Waals surface area contributed by atoms with Crippen LogP contribution in [0.15, 0.2) is 22.1 Å². The highest BCUT2D eigenvalue weighted by atomic mass is 16.2. The third kappa shape index (κ3) is 21.2. The fraction of sp³-hybridized carbons (Fsp3) is 0.745. The minimum Gasteiger partial charge on any atom is -0.370 e. The molecule has 0 saturated heterocycles. The highest BCUT2D eigenvalue weighted by Gasteiger charge is 2.34. The maximum atomic E-state index is 14.7. The Hall–Kier alpha value is -4.33. The number of aliphatic imine (C=N–C) groups is 2. The van der Waals surface area contributed by atoms with Crippen LogP contribution in [0.5, 0.6) is 0 Å². The largest absolute Gasteiger partial charge is 0.370 e. The number of aromatic amines is 1. The Morgan fingerprint density at radius 3 is 1.57 bits per heavy atom. The van der Waals surface area contributed by atoms with Gasteiger partial charge in [-0.15, -0.1) is 0 Å². The lowest BCUT2D eigenvalue weighted by Gasteiger charge is -2.27. The molecule has 370 valence electrons. The Labute approximate surface area is 393 Å². The second-order valence-electron chi connectivity index (χ2n) is 21.4. The Morgan fingerprint density at radius 2 is 1.09 bits per heavy atom. The van der Waals surface area contributed by atoms with Crippen LogP contribution in [0.4, 0.5) is 0 Å². The molecule has 0 saturated carbocycles. The number of nitrogens with two attached hydrogens (primary N) is 5. The van der Waals surface area contributed by atoms with Crippen molar-refractivity contribution in [3.8, 4) is 0 Å². The van der Waals surface area contributed by atoms with Crippen LogP contribution in [0.3, 0.4) is 0 Å². The SMILES string of the molecule is CCCCCCCCCCCCCCCCNC(=O)[C@H](CCCN=C(N)N)NC(=O)[C@H](Cc1c(C(C)(C)C)[nH]c2c(C(C)(C)C)cc(C(C)(C)C)cc12)NC(=O)[C@@H](N)CCCN=C(N)N. The Bertz CT molecular complexity index is 1810. The minimum atomic E-state index is -1.07. The second-order valence-corrected chi connectivity index (χ2v) is 21.4. The number of H-pyrrole nitrogens is 1. The van der Waals surface area contributed by atoms with Gasteiger partial charge in [0.2, 0.25) is 17.7 Å². The van der Waals surface area contributed by atoms with Gasteiger partial charge in [-0.25, -0.2) is 0 Å². The average molecular weight is 908 g/mol. The van der Waals surface area contributed by atoms with E-state index >= 15 is 0 Å². The Kier molecular flexibility index (Phi) is 24.5. The molecule has 3 amide bonds. The molecule has 1 aromatic heterocycles. The molecule has 0 bridgehead atoms. The number of hydrogen-bond acceptors (Lipinski definition) is 6. The van der Waals surface area contributed by atoms with Crippen LogP contribution in [0.2, 0.25) is 0 Å². The molecule has 14 N–H and O–H groups in total. The number of carbonyl (C=O) groups excluding carboxylic acids is 3. The van der Waals surface area contributed by atoms with Crippen LogP contribution >= 0.6 is 0 Å². The van der Waals surface area contributed by atoms with E-state index in [-0.39, 0.29) is 40.5 Å². The quantitative estimate of drug-likeness (QED) is 0.0214. The van der Waals surface area contributed by atoms with E-state index in [1.54, 1.807) is 0 Å². The van der Waals surface area contributed by atoms with E-state index in [1.165, 1.54) is 81.8 Å². The minimum absolute atomic E-state index is 0.0335. The van der Waals surface area contributed by atoms with Crippen molar-refractivity contribution in [2.24, 2.45) is 38.7 Å². The molecule has 1 aromatic carbocycles. The summed E-state index contributed by atoms with van der Waals surface area (Å²) in [6, 6.07) is 1.62. The summed E-state index contributed by atoms with van der Waals surface area (Å²) in [6.45, 7) is 23.0. The molecule has 14 nitrogen and oxygen atoms in total. The number of rotatable bonds is 30. The van der Waals surface area contributed by atoms with Gasteiger partial charge in [-0.3, -0.25) is 24.4 Å². The van der Waals surface area contributed by atoms with Crippen molar-refractivity contribution >= 4 is 40.5 Å². The summed E-state index contributed by atoms with van der Waals surface area (Å²) in [6.07, 6.45) is 19.2. The van der Waals surface area contributed by atoms with Crippen molar-refractivity contribution in [3.05, 3.63) is 34.5 Å². The van der Waals surface area contributed by atoms with Crippen molar-refractivity contribution in [3.63, 3.8) is 0 Å². The van der Waals surface area contributed by atoms with Crippen molar-refractivity contribution in [2.75, 3.05) is 19.6 Å². The summed E-state index contributed by atoms with van der Waals surface area (Å²) in [5.41, 5.74) is 33.2. The molecule has 0 radical (unpaired) electrons. The zero-order valence-corrected chi connectivity index (χ0v) is 42.4. The third-order valence-corrected chi connectivity index (χ3v) is 12.2. The number of nitrogens with one attached hydrogen (secondary N) is 4. The standard InChI is InChI=1S/C51H93N11O3/c1-11-12-13-14-15-16-17-18-19-20-21-22-23-24-29-57-45(64)40(28-26-31-59-48(55)56)60-46(65)41(61-44(63)39(52)27-25-30-58-47(53)54)34-37-36-32-35(49(2,3)4)33-38(50(5,6)7)42(36)62-43(37)51(8,9)10/h32-33,39-41,62H,11-31,34,52H2,1-10H3,(H,57,64)(H,60,65)(H,61,63)(H4,53,54,58)(H4,55,56,59)/t39-,40-,41-/m0/s1. The smallest absolute Gasteiger partial charge is 0.243 e. The lowest BCUT2D eigenvalue weighted by molar-refractivity contribution is -0.132. The fourth-order valence-corrected chi connectivity index (χ4v) is 8.27. The predicted molar refractivity (Wildman–Crippen MR) is 273 cm³/mol. The molecule has 1 heterocycles. The van der Waals surface area contributed by atoms with Gasteiger partial charge in [0.25, 0.3) is 0 Å². The molecule has 0 aliphatic heterocycles. The van der Waals surface area contributed by atoms with E-state index < -0.39 is 29.9 Å². The predicted octanol–water partition coefficient (Wildman–Crippen LogP) is 7.60. The van der Waals surface area contributed by atoms with Gasteiger partial charge in [-0.1, -0.05) is 159 Å². The van der Waals surface area contributed by atoms with Crippen LogP contribution in [0.1, 0.15) is 207 Å². The topological polar surface area (TPSA) is 258 Å². The van der Waals surface area contributed by atoms with Gasteiger partial charge in [-0.05, 0) is 65.7 Å². The van der Waals surface area contributed by atoms with E-state index in [4.69, 9.17) is 28.7 Å². The van der Waals surface area contributed by atoms with Crippen molar-refractivity contribution in [1.29, 1.82) is 0 Å². The van der Waals surface area contributed by atoms with Gasteiger partial charge in [0.05, 0.1) is 6.04 Å². The number of unbranched alkanes of at least 4 members (excludes halogenated alkanes) is 13. The zero-order chi connectivity index (χ0) is 48.8. The number of nitrogens with zero attached hydrogens (tertiary/aromatic N) is 2. The molecule has 0 spiro atoms.